The van der Waals surface area contributed by atoms with Crippen LogP contribution in [0.5, 0.6) is 0 Å². The Balaban J connectivity index is 2.22. The predicted octanol–water partition coefficient (Wildman–Crippen LogP) is 2.69. The van der Waals surface area contributed by atoms with Crippen molar-refractivity contribution in [3.05, 3.63) is 29.3 Å². The SMILES string of the molecule is CCN1CCN(c2ccc(C(F)(F)F)c(CN)c2)CC1C. The van der Waals surface area contributed by atoms with Crippen LogP contribution in [-0.4, -0.2) is 37.1 Å². The Bertz CT molecular complexity index is 488. The molecule has 2 rings (SSSR count). The molecule has 3 nitrogen and oxygen atoms in total. The van der Waals surface area contributed by atoms with E-state index < -0.39 is 11.7 Å². The topological polar surface area (TPSA) is 32.5 Å². The van der Waals surface area contributed by atoms with Crippen molar-refractivity contribution in [3.63, 3.8) is 0 Å². The maximum Gasteiger partial charge on any atom is 0.416 e. The van der Waals surface area contributed by atoms with Gasteiger partial charge in [-0.3, -0.25) is 4.90 Å². The number of alkyl halides is 3. The number of nitrogens with two attached hydrogens (primary N) is 1. The van der Waals surface area contributed by atoms with Gasteiger partial charge in [-0.1, -0.05) is 6.92 Å². The van der Waals surface area contributed by atoms with E-state index in [4.69, 9.17) is 5.73 Å². The molecule has 0 bridgehead atoms. The van der Waals surface area contributed by atoms with E-state index >= 15 is 0 Å². The smallest absolute Gasteiger partial charge is 0.369 e. The van der Waals surface area contributed by atoms with Crippen LogP contribution in [0.3, 0.4) is 0 Å². The van der Waals surface area contributed by atoms with E-state index in [-0.39, 0.29) is 12.1 Å². The Morgan fingerprint density at radius 2 is 2.00 bits per heavy atom. The summed E-state index contributed by atoms with van der Waals surface area (Å²) in [4.78, 5) is 4.50. The number of halogens is 3. The summed E-state index contributed by atoms with van der Waals surface area (Å²) in [6.07, 6.45) is -4.35. The standard InChI is InChI=1S/C15H22F3N3/c1-3-20-6-7-21(10-11(20)2)13-4-5-14(15(16,17)18)12(8-13)9-19/h4-5,8,11H,3,6-7,9-10,19H2,1-2H3. The zero-order valence-electron chi connectivity index (χ0n) is 12.5. The van der Waals surface area contributed by atoms with E-state index in [0.717, 1.165) is 37.9 Å². The maximum absolute atomic E-state index is 12.9. The predicted molar refractivity (Wildman–Crippen MR) is 78.3 cm³/mol. The molecule has 0 amide bonds. The van der Waals surface area contributed by atoms with Crippen molar-refractivity contribution in [1.29, 1.82) is 0 Å². The fourth-order valence-corrected chi connectivity index (χ4v) is 2.92. The van der Waals surface area contributed by atoms with Gasteiger partial charge in [-0.05, 0) is 37.2 Å². The Kier molecular flexibility index (Phi) is 4.78. The summed E-state index contributed by atoms with van der Waals surface area (Å²) in [6, 6.07) is 4.68. The minimum absolute atomic E-state index is 0.104. The summed E-state index contributed by atoms with van der Waals surface area (Å²) in [5.41, 5.74) is 5.84. The molecule has 6 heteroatoms. The average molecular weight is 301 g/mol. The van der Waals surface area contributed by atoms with E-state index in [1.807, 2.05) is 0 Å². The van der Waals surface area contributed by atoms with Gasteiger partial charge in [0.1, 0.15) is 0 Å². The van der Waals surface area contributed by atoms with Gasteiger partial charge in [0.15, 0.2) is 0 Å². The van der Waals surface area contributed by atoms with Crippen LogP contribution < -0.4 is 10.6 Å². The second-order valence-electron chi connectivity index (χ2n) is 5.47. The number of benzene rings is 1. The van der Waals surface area contributed by atoms with Crippen molar-refractivity contribution in [1.82, 2.24) is 4.90 Å². The third-order valence-electron chi connectivity index (χ3n) is 4.15. The number of anilines is 1. The van der Waals surface area contributed by atoms with Crippen LogP contribution in [0.4, 0.5) is 18.9 Å². The van der Waals surface area contributed by atoms with Crippen molar-refractivity contribution in [2.45, 2.75) is 32.6 Å². The lowest BCUT2D eigenvalue weighted by Crippen LogP contribution is -2.51. The molecule has 0 spiro atoms. The molecule has 1 aliphatic heterocycles. The molecule has 1 saturated heterocycles. The molecular formula is C15H22F3N3. The fourth-order valence-electron chi connectivity index (χ4n) is 2.92. The molecule has 118 valence electrons. The summed E-state index contributed by atoms with van der Waals surface area (Å²) in [7, 11) is 0. The lowest BCUT2D eigenvalue weighted by atomic mass is 10.0. The van der Waals surface area contributed by atoms with Crippen LogP contribution in [0.15, 0.2) is 18.2 Å². The lowest BCUT2D eigenvalue weighted by Gasteiger charge is -2.40. The Labute approximate surface area is 123 Å². The molecule has 1 fully saturated rings. The molecule has 1 atom stereocenters. The number of likely N-dealkylation sites (N-methyl/N-ethyl adjacent to an activating group) is 1. The summed E-state index contributed by atoms with van der Waals surface area (Å²) in [5, 5.41) is 0. The Morgan fingerprint density at radius 1 is 1.29 bits per heavy atom. The monoisotopic (exact) mass is 301 g/mol. The molecule has 1 unspecified atom stereocenters. The molecule has 21 heavy (non-hydrogen) atoms. The highest BCUT2D eigenvalue weighted by atomic mass is 19.4. The van der Waals surface area contributed by atoms with Crippen LogP contribution >= 0.6 is 0 Å². The van der Waals surface area contributed by atoms with Gasteiger partial charge in [0, 0.05) is 37.9 Å². The summed E-state index contributed by atoms with van der Waals surface area (Å²) in [5.74, 6) is 0. The van der Waals surface area contributed by atoms with Crippen molar-refractivity contribution >= 4 is 5.69 Å². The van der Waals surface area contributed by atoms with Crippen molar-refractivity contribution in [2.75, 3.05) is 31.1 Å². The highest BCUT2D eigenvalue weighted by molar-refractivity contribution is 5.52. The highest BCUT2D eigenvalue weighted by Gasteiger charge is 2.33. The van der Waals surface area contributed by atoms with Gasteiger partial charge in [-0.2, -0.15) is 13.2 Å². The zero-order valence-corrected chi connectivity index (χ0v) is 12.5. The first kappa shape index (κ1) is 16.1. The van der Waals surface area contributed by atoms with E-state index in [2.05, 4.69) is 23.6 Å². The molecular weight excluding hydrogens is 279 g/mol. The van der Waals surface area contributed by atoms with E-state index in [9.17, 15) is 13.2 Å². The van der Waals surface area contributed by atoms with E-state index in [1.165, 1.54) is 0 Å². The number of nitrogens with zero attached hydrogens (tertiary/aromatic N) is 2. The molecule has 1 aromatic rings. The van der Waals surface area contributed by atoms with Crippen LogP contribution in [0, 0.1) is 0 Å². The molecule has 0 aromatic heterocycles. The van der Waals surface area contributed by atoms with Gasteiger partial charge < -0.3 is 10.6 Å². The number of hydrogen-bond acceptors (Lipinski definition) is 3. The van der Waals surface area contributed by atoms with Gasteiger partial charge in [0.2, 0.25) is 0 Å². The van der Waals surface area contributed by atoms with Gasteiger partial charge in [0.05, 0.1) is 5.56 Å². The Hall–Kier alpha value is -1.27. The van der Waals surface area contributed by atoms with Crippen LogP contribution in [-0.2, 0) is 12.7 Å². The molecule has 1 heterocycles. The molecule has 0 aliphatic carbocycles. The summed E-state index contributed by atoms with van der Waals surface area (Å²) >= 11 is 0. The summed E-state index contributed by atoms with van der Waals surface area (Å²) in [6.45, 7) is 7.73. The van der Waals surface area contributed by atoms with Crippen LogP contribution in [0.25, 0.3) is 0 Å². The van der Waals surface area contributed by atoms with Crippen LogP contribution in [0.2, 0.25) is 0 Å². The maximum atomic E-state index is 12.9. The molecule has 1 aromatic carbocycles. The lowest BCUT2D eigenvalue weighted by molar-refractivity contribution is -0.138. The number of piperazine rings is 1. The number of hydrogen-bond donors (Lipinski definition) is 1. The first-order valence-corrected chi connectivity index (χ1v) is 7.26. The quantitative estimate of drug-likeness (QED) is 0.931. The molecule has 0 saturated carbocycles. The van der Waals surface area contributed by atoms with Crippen molar-refractivity contribution in [3.8, 4) is 0 Å². The van der Waals surface area contributed by atoms with Gasteiger partial charge in [-0.25, -0.2) is 0 Å². The third kappa shape index (κ3) is 3.49. The molecule has 2 N–H and O–H groups in total. The highest BCUT2D eigenvalue weighted by Crippen LogP contribution is 2.34. The molecule has 0 radical (unpaired) electrons. The minimum atomic E-state index is -4.35. The van der Waals surface area contributed by atoms with Crippen LogP contribution in [0.1, 0.15) is 25.0 Å². The number of rotatable bonds is 3. The normalized spacial score (nSPS) is 20.9. The average Bonchev–Trinajstić information content (AvgIpc) is 2.45. The first-order chi connectivity index (χ1) is 9.86. The summed E-state index contributed by atoms with van der Waals surface area (Å²) < 4.78 is 38.7. The Morgan fingerprint density at radius 3 is 2.52 bits per heavy atom. The minimum Gasteiger partial charge on any atom is -0.369 e. The van der Waals surface area contributed by atoms with E-state index in [0.29, 0.717) is 6.04 Å². The van der Waals surface area contributed by atoms with Gasteiger partial charge >= 0.3 is 6.18 Å². The van der Waals surface area contributed by atoms with Crippen molar-refractivity contribution in [2.24, 2.45) is 5.73 Å². The largest absolute Gasteiger partial charge is 0.416 e. The second kappa shape index (κ2) is 6.23. The molecule has 1 aliphatic rings. The third-order valence-corrected chi connectivity index (χ3v) is 4.15. The van der Waals surface area contributed by atoms with Crippen molar-refractivity contribution < 1.29 is 13.2 Å². The zero-order chi connectivity index (χ0) is 15.6. The van der Waals surface area contributed by atoms with Gasteiger partial charge in [0.25, 0.3) is 0 Å². The van der Waals surface area contributed by atoms with E-state index in [1.54, 1.807) is 12.1 Å². The van der Waals surface area contributed by atoms with Gasteiger partial charge in [-0.15, -0.1) is 0 Å². The second-order valence-corrected chi connectivity index (χ2v) is 5.47. The fraction of sp³-hybridized carbons (Fsp3) is 0.600. The first-order valence-electron chi connectivity index (χ1n) is 7.26.